The molecule has 0 radical (unpaired) electrons. The Morgan fingerprint density at radius 3 is 2.75 bits per heavy atom. The highest BCUT2D eigenvalue weighted by molar-refractivity contribution is 5.83. The Balaban J connectivity index is 1.42. The molecular weight excluding hydrogens is 304 g/mol. The largest absolute Gasteiger partial charge is 0.497 e. The van der Waals surface area contributed by atoms with Gasteiger partial charge < -0.3 is 14.2 Å². The Morgan fingerprint density at radius 2 is 2.04 bits per heavy atom. The standard InChI is InChI=1S/C18H22N4O2/c1-3-16-19-20-17-11-21(8-9-22(16)17)18(23)15-10-14(15)12-4-6-13(24-2)7-5-12/h4-7,14-15H,3,8-11H2,1-2H3/t14-,15+/m1/s1. The normalized spacial score (nSPS) is 22.2. The molecular formula is C18H22N4O2. The molecule has 126 valence electrons. The van der Waals surface area contributed by atoms with Gasteiger partial charge in [0.05, 0.1) is 13.7 Å². The van der Waals surface area contributed by atoms with E-state index in [0.29, 0.717) is 12.5 Å². The van der Waals surface area contributed by atoms with Gasteiger partial charge in [0, 0.05) is 25.4 Å². The number of rotatable bonds is 4. The summed E-state index contributed by atoms with van der Waals surface area (Å²) >= 11 is 0. The lowest BCUT2D eigenvalue weighted by atomic mass is 10.1. The van der Waals surface area contributed by atoms with Crippen molar-refractivity contribution in [2.24, 2.45) is 5.92 Å². The minimum atomic E-state index is 0.110. The van der Waals surface area contributed by atoms with Gasteiger partial charge in [-0.1, -0.05) is 19.1 Å². The Bertz CT molecular complexity index is 753. The Morgan fingerprint density at radius 1 is 1.25 bits per heavy atom. The van der Waals surface area contributed by atoms with Crippen molar-refractivity contribution in [2.45, 2.75) is 38.8 Å². The lowest BCUT2D eigenvalue weighted by Gasteiger charge is -2.28. The highest BCUT2D eigenvalue weighted by Crippen LogP contribution is 2.49. The minimum Gasteiger partial charge on any atom is -0.497 e. The first-order chi connectivity index (χ1) is 11.7. The van der Waals surface area contributed by atoms with E-state index in [4.69, 9.17) is 4.74 Å². The fourth-order valence-electron chi connectivity index (χ4n) is 3.59. The molecule has 1 saturated carbocycles. The number of carbonyl (C=O) groups is 1. The van der Waals surface area contributed by atoms with Crippen molar-refractivity contribution in [2.75, 3.05) is 13.7 Å². The van der Waals surface area contributed by atoms with Crippen LogP contribution in [0.1, 0.15) is 36.5 Å². The number of hydrogen-bond acceptors (Lipinski definition) is 4. The summed E-state index contributed by atoms with van der Waals surface area (Å²) in [7, 11) is 1.66. The Kier molecular flexibility index (Phi) is 3.75. The van der Waals surface area contributed by atoms with Gasteiger partial charge in [-0.3, -0.25) is 4.79 Å². The number of carbonyl (C=O) groups excluding carboxylic acids is 1. The Hall–Kier alpha value is -2.37. The number of aromatic nitrogens is 3. The maximum absolute atomic E-state index is 12.8. The molecule has 2 heterocycles. The van der Waals surface area contributed by atoms with E-state index in [1.54, 1.807) is 7.11 Å². The minimum absolute atomic E-state index is 0.110. The van der Waals surface area contributed by atoms with Crippen LogP contribution in [0.25, 0.3) is 0 Å². The van der Waals surface area contributed by atoms with Crippen molar-refractivity contribution in [3.8, 4) is 5.75 Å². The van der Waals surface area contributed by atoms with Crippen LogP contribution in [0, 0.1) is 5.92 Å². The zero-order valence-corrected chi connectivity index (χ0v) is 14.1. The van der Waals surface area contributed by atoms with Gasteiger partial charge in [-0.2, -0.15) is 0 Å². The van der Waals surface area contributed by atoms with Crippen LogP contribution < -0.4 is 4.74 Å². The molecule has 6 nitrogen and oxygen atoms in total. The second-order valence-electron chi connectivity index (χ2n) is 6.52. The third-order valence-corrected chi connectivity index (χ3v) is 5.11. The van der Waals surface area contributed by atoms with E-state index in [2.05, 4.69) is 33.8 Å². The van der Waals surface area contributed by atoms with E-state index in [1.807, 2.05) is 17.0 Å². The third-order valence-electron chi connectivity index (χ3n) is 5.11. The first-order valence-corrected chi connectivity index (χ1v) is 8.55. The van der Waals surface area contributed by atoms with Crippen molar-refractivity contribution in [3.05, 3.63) is 41.5 Å². The van der Waals surface area contributed by atoms with Gasteiger partial charge in [0.25, 0.3) is 0 Å². The van der Waals surface area contributed by atoms with Crippen LogP contribution in [0.4, 0.5) is 0 Å². The fraction of sp³-hybridized carbons (Fsp3) is 0.500. The lowest BCUT2D eigenvalue weighted by molar-refractivity contribution is -0.134. The van der Waals surface area contributed by atoms with Gasteiger partial charge in [0.2, 0.25) is 5.91 Å². The number of benzene rings is 1. The maximum atomic E-state index is 12.8. The van der Waals surface area contributed by atoms with Crippen LogP contribution >= 0.6 is 0 Å². The van der Waals surface area contributed by atoms with Crippen LogP contribution in [0.2, 0.25) is 0 Å². The number of aryl methyl sites for hydroxylation is 1. The van der Waals surface area contributed by atoms with Gasteiger partial charge in [0.1, 0.15) is 11.6 Å². The average Bonchev–Trinajstić information content (AvgIpc) is 3.33. The molecule has 1 aromatic heterocycles. The third kappa shape index (κ3) is 2.56. The van der Waals surface area contributed by atoms with Gasteiger partial charge in [0.15, 0.2) is 5.82 Å². The molecule has 1 amide bonds. The molecule has 1 aromatic carbocycles. The summed E-state index contributed by atoms with van der Waals surface area (Å²) in [5.41, 5.74) is 1.22. The van der Waals surface area contributed by atoms with Crippen molar-refractivity contribution in [1.82, 2.24) is 19.7 Å². The molecule has 2 aromatic rings. The molecule has 1 aliphatic heterocycles. The van der Waals surface area contributed by atoms with Crippen molar-refractivity contribution in [3.63, 3.8) is 0 Å². The van der Waals surface area contributed by atoms with Crippen LogP contribution in [0.5, 0.6) is 5.75 Å². The van der Waals surface area contributed by atoms with Gasteiger partial charge in [-0.25, -0.2) is 0 Å². The second-order valence-corrected chi connectivity index (χ2v) is 6.52. The van der Waals surface area contributed by atoms with Gasteiger partial charge in [-0.05, 0) is 30.0 Å². The Labute approximate surface area is 141 Å². The number of amides is 1. The first-order valence-electron chi connectivity index (χ1n) is 8.55. The van der Waals surface area contributed by atoms with E-state index in [0.717, 1.165) is 43.3 Å². The van der Waals surface area contributed by atoms with Crippen molar-refractivity contribution in [1.29, 1.82) is 0 Å². The first kappa shape index (κ1) is 15.2. The molecule has 2 atom stereocenters. The SMILES string of the molecule is CCc1nnc2n1CCN(C(=O)[C@H]1C[C@@H]1c1ccc(OC)cc1)C2. The molecule has 0 saturated heterocycles. The summed E-state index contributed by atoms with van der Waals surface area (Å²) in [5, 5.41) is 8.45. The summed E-state index contributed by atoms with van der Waals surface area (Å²) < 4.78 is 7.34. The van der Waals surface area contributed by atoms with Crippen LogP contribution in [-0.4, -0.2) is 39.2 Å². The number of methoxy groups -OCH3 is 1. The van der Waals surface area contributed by atoms with Crippen LogP contribution in [0.3, 0.4) is 0 Å². The molecule has 0 unspecified atom stereocenters. The topological polar surface area (TPSA) is 60.2 Å². The van der Waals surface area contributed by atoms with E-state index in [-0.39, 0.29) is 11.8 Å². The monoisotopic (exact) mass is 326 g/mol. The zero-order valence-electron chi connectivity index (χ0n) is 14.1. The van der Waals surface area contributed by atoms with E-state index in [9.17, 15) is 4.79 Å². The molecule has 6 heteroatoms. The lowest BCUT2D eigenvalue weighted by Crippen LogP contribution is -2.39. The summed E-state index contributed by atoms with van der Waals surface area (Å²) in [5.74, 6) is 3.48. The number of ether oxygens (including phenoxy) is 1. The fourth-order valence-corrected chi connectivity index (χ4v) is 3.59. The summed E-state index contributed by atoms with van der Waals surface area (Å²) in [6.07, 6.45) is 1.82. The number of nitrogens with zero attached hydrogens (tertiary/aromatic N) is 4. The summed E-state index contributed by atoms with van der Waals surface area (Å²) in [6.45, 7) is 4.22. The van der Waals surface area contributed by atoms with Gasteiger partial charge in [-0.15, -0.1) is 10.2 Å². The van der Waals surface area contributed by atoms with Crippen molar-refractivity contribution < 1.29 is 9.53 Å². The average molecular weight is 326 g/mol. The zero-order chi connectivity index (χ0) is 16.7. The van der Waals surface area contributed by atoms with Crippen LogP contribution in [0.15, 0.2) is 24.3 Å². The predicted molar refractivity (Wildman–Crippen MR) is 88.7 cm³/mol. The second kappa shape index (κ2) is 5.92. The smallest absolute Gasteiger partial charge is 0.226 e. The number of hydrogen-bond donors (Lipinski definition) is 0. The molecule has 4 rings (SSSR count). The van der Waals surface area contributed by atoms with Crippen molar-refractivity contribution >= 4 is 5.91 Å². The molecule has 1 aliphatic carbocycles. The molecule has 2 aliphatic rings. The highest BCUT2D eigenvalue weighted by Gasteiger charge is 2.46. The molecule has 24 heavy (non-hydrogen) atoms. The predicted octanol–water partition coefficient (Wildman–Crippen LogP) is 2.00. The van der Waals surface area contributed by atoms with E-state index in [1.165, 1.54) is 5.56 Å². The number of fused-ring (bicyclic) bond motifs is 1. The maximum Gasteiger partial charge on any atom is 0.226 e. The quantitative estimate of drug-likeness (QED) is 0.862. The molecule has 1 fully saturated rings. The van der Waals surface area contributed by atoms with E-state index < -0.39 is 0 Å². The summed E-state index contributed by atoms with van der Waals surface area (Å²) in [6, 6.07) is 8.06. The van der Waals surface area contributed by atoms with Crippen LogP contribution in [-0.2, 0) is 24.3 Å². The molecule has 0 spiro atoms. The summed E-state index contributed by atoms with van der Waals surface area (Å²) in [4.78, 5) is 14.7. The van der Waals surface area contributed by atoms with Gasteiger partial charge >= 0.3 is 0 Å². The highest BCUT2D eigenvalue weighted by atomic mass is 16.5. The molecule has 0 N–H and O–H groups in total. The molecule has 0 bridgehead atoms. The van der Waals surface area contributed by atoms with E-state index >= 15 is 0 Å².